The predicted octanol–water partition coefficient (Wildman–Crippen LogP) is 2.13. The van der Waals surface area contributed by atoms with E-state index >= 15 is 0 Å². The number of hydrogen-bond donors (Lipinski definition) is 1. The van der Waals surface area contributed by atoms with Crippen LogP contribution in [0.4, 0.5) is 0 Å². The molecule has 1 N–H and O–H groups in total. The van der Waals surface area contributed by atoms with E-state index in [1.165, 1.54) is 6.26 Å². The molecule has 1 unspecified atom stereocenters. The molecule has 0 aliphatic carbocycles. The Morgan fingerprint density at radius 3 is 2.75 bits per heavy atom. The average Bonchev–Trinajstić information content (AvgIpc) is 2.28. The van der Waals surface area contributed by atoms with Gasteiger partial charge in [0.25, 0.3) is 5.91 Å². The minimum Gasteiger partial charge on any atom is -0.500 e. The molecular formula is C12H20N2O2. The molecule has 4 nitrogen and oxygen atoms in total. The highest BCUT2D eigenvalue weighted by molar-refractivity contribution is 5.97. The Morgan fingerprint density at radius 2 is 2.25 bits per heavy atom. The van der Waals surface area contributed by atoms with Gasteiger partial charge < -0.3 is 10.1 Å². The Bertz CT molecular complexity index is 279. The van der Waals surface area contributed by atoms with Gasteiger partial charge in [-0.05, 0) is 19.8 Å². The molecule has 0 rings (SSSR count). The van der Waals surface area contributed by atoms with Crippen LogP contribution in [0, 0.1) is 11.3 Å². The van der Waals surface area contributed by atoms with Crippen molar-refractivity contribution in [3.63, 3.8) is 0 Å². The molecular weight excluding hydrogens is 204 g/mol. The highest BCUT2D eigenvalue weighted by Gasteiger charge is 2.11. The molecule has 0 saturated carbocycles. The number of rotatable bonds is 7. The fraction of sp³-hybridized carbons (Fsp3) is 0.667. The lowest BCUT2D eigenvalue weighted by molar-refractivity contribution is -0.117. The van der Waals surface area contributed by atoms with Crippen LogP contribution >= 0.6 is 0 Å². The van der Waals surface area contributed by atoms with Gasteiger partial charge in [0.1, 0.15) is 12.3 Å². The van der Waals surface area contributed by atoms with Gasteiger partial charge >= 0.3 is 0 Å². The summed E-state index contributed by atoms with van der Waals surface area (Å²) in [6.07, 6.45) is 4.02. The number of nitrogens with one attached hydrogen (secondary N) is 1. The van der Waals surface area contributed by atoms with Crippen LogP contribution in [0.3, 0.4) is 0 Å². The van der Waals surface area contributed by atoms with Gasteiger partial charge in [0.05, 0.1) is 6.61 Å². The largest absolute Gasteiger partial charge is 0.500 e. The van der Waals surface area contributed by atoms with Crippen molar-refractivity contribution >= 4 is 5.91 Å². The van der Waals surface area contributed by atoms with E-state index < -0.39 is 0 Å². The lowest BCUT2D eigenvalue weighted by Gasteiger charge is -2.10. The van der Waals surface area contributed by atoms with Crippen molar-refractivity contribution in [1.82, 2.24) is 5.32 Å². The number of unbranched alkanes of at least 4 members (excludes halogenated alkanes) is 1. The van der Waals surface area contributed by atoms with Crippen molar-refractivity contribution in [3.8, 4) is 6.07 Å². The summed E-state index contributed by atoms with van der Waals surface area (Å²) in [6, 6.07) is 1.90. The maximum Gasteiger partial charge on any atom is 0.265 e. The molecule has 0 spiro atoms. The first kappa shape index (κ1) is 14.5. The highest BCUT2D eigenvalue weighted by Crippen LogP contribution is 1.98. The fourth-order valence-corrected chi connectivity index (χ4v) is 0.904. The van der Waals surface area contributed by atoms with Crippen LogP contribution in [0.25, 0.3) is 0 Å². The first-order valence-corrected chi connectivity index (χ1v) is 5.68. The lowest BCUT2D eigenvalue weighted by atomic mass is 10.2. The summed E-state index contributed by atoms with van der Waals surface area (Å²) in [5.41, 5.74) is 0.0244. The Labute approximate surface area is 97.3 Å². The zero-order chi connectivity index (χ0) is 12.4. The van der Waals surface area contributed by atoms with Crippen LogP contribution in [0.15, 0.2) is 11.8 Å². The maximum absolute atomic E-state index is 11.5. The minimum atomic E-state index is -0.367. The second kappa shape index (κ2) is 8.78. The molecule has 0 saturated heterocycles. The minimum absolute atomic E-state index is 0.0244. The number of nitrogens with zero attached hydrogens (tertiary/aromatic N) is 1. The van der Waals surface area contributed by atoms with Gasteiger partial charge in [-0.25, -0.2) is 0 Å². The Morgan fingerprint density at radius 1 is 1.56 bits per heavy atom. The third-order valence-electron chi connectivity index (χ3n) is 2.17. The van der Waals surface area contributed by atoms with E-state index in [1.807, 2.05) is 26.8 Å². The van der Waals surface area contributed by atoms with Crippen molar-refractivity contribution in [2.24, 2.45) is 0 Å². The second-order valence-electron chi connectivity index (χ2n) is 3.65. The van der Waals surface area contributed by atoms with Crippen LogP contribution in [0.5, 0.6) is 0 Å². The summed E-state index contributed by atoms with van der Waals surface area (Å²) < 4.78 is 5.12. The summed E-state index contributed by atoms with van der Waals surface area (Å²) in [4.78, 5) is 11.5. The third kappa shape index (κ3) is 6.07. The van der Waals surface area contributed by atoms with Gasteiger partial charge in [0.2, 0.25) is 0 Å². The van der Waals surface area contributed by atoms with Gasteiger partial charge in [0.15, 0.2) is 5.57 Å². The van der Waals surface area contributed by atoms with Crippen LogP contribution in [-0.4, -0.2) is 18.6 Å². The van der Waals surface area contributed by atoms with Crippen LogP contribution in [0.1, 0.15) is 40.0 Å². The zero-order valence-electron chi connectivity index (χ0n) is 10.2. The summed E-state index contributed by atoms with van der Waals surface area (Å²) in [7, 11) is 0. The summed E-state index contributed by atoms with van der Waals surface area (Å²) in [5, 5.41) is 11.5. The van der Waals surface area contributed by atoms with Crippen molar-refractivity contribution in [1.29, 1.82) is 5.26 Å². The molecule has 1 amide bonds. The first-order valence-electron chi connectivity index (χ1n) is 5.68. The molecule has 90 valence electrons. The third-order valence-corrected chi connectivity index (χ3v) is 2.17. The number of ether oxygens (including phenoxy) is 1. The van der Waals surface area contributed by atoms with Crippen molar-refractivity contribution < 1.29 is 9.53 Å². The molecule has 4 heteroatoms. The SMILES string of the molecule is CCCCOC=C(C#N)C(=O)NC(C)CC. The fourth-order valence-electron chi connectivity index (χ4n) is 0.904. The Kier molecular flexibility index (Phi) is 7.96. The number of hydrogen-bond acceptors (Lipinski definition) is 3. The smallest absolute Gasteiger partial charge is 0.265 e. The number of nitriles is 1. The van der Waals surface area contributed by atoms with Crippen LogP contribution in [0.2, 0.25) is 0 Å². The van der Waals surface area contributed by atoms with Crippen LogP contribution < -0.4 is 5.32 Å². The second-order valence-corrected chi connectivity index (χ2v) is 3.65. The van der Waals surface area contributed by atoms with Crippen LogP contribution in [-0.2, 0) is 9.53 Å². The van der Waals surface area contributed by atoms with E-state index in [2.05, 4.69) is 5.32 Å². The summed E-state index contributed by atoms with van der Waals surface area (Å²) in [6.45, 7) is 6.45. The van der Waals surface area contributed by atoms with E-state index in [1.54, 1.807) is 0 Å². The monoisotopic (exact) mass is 224 g/mol. The van der Waals surface area contributed by atoms with Crippen molar-refractivity contribution in [3.05, 3.63) is 11.8 Å². The Hall–Kier alpha value is -1.50. The summed E-state index contributed by atoms with van der Waals surface area (Å²) in [5.74, 6) is -0.367. The molecule has 0 bridgehead atoms. The molecule has 0 aromatic heterocycles. The Balaban J connectivity index is 4.16. The van der Waals surface area contributed by atoms with Crippen molar-refractivity contribution in [2.75, 3.05) is 6.61 Å². The number of amides is 1. The number of carbonyl (C=O) groups is 1. The van der Waals surface area contributed by atoms with E-state index in [4.69, 9.17) is 10.00 Å². The van der Waals surface area contributed by atoms with E-state index in [0.717, 1.165) is 19.3 Å². The maximum atomic E-state index is 11.5. The van der Waals surface area contributed by atoms with Gasteiger partial charge in [0, 0.05) is 6.04 Å². The normalized spacial score (nSPS) is 12.8. The van der Waals surface area contributed by atoms with Gasteiger partial charge in [-0.3, -0.25) is 4.79 Å². The molecule has 0 aromatic carbocycles. The molecule has 0 fully saturated rings. The average molecular weight is 224 g/mol. The predicted molar refractivity (Wildman–Crippen MR) is 62.5 cm³/mol. The van der Waals surface area contributed by atoms with Gasteiger partial charge in [-0.1, -0.05) is 20.3 Å². The number of carbonyl (C=O) groups excluding carboxylic acids is 1. The molecule has 0 radical (unpaired) electrons. The molecule has 0 aromatic rings. The first-order chi connectivity index (χ1) is 7.65. The van der Waals surface area contributed by atoms with Crippen molar-refractivity contribution in [2.45, 2.75) is 46.1 Å². The molecule has 16 heavy (non-hydrogen) atoms. The molecule has 0 aliphatic heterocycles. The van der Waals surface area contributed by atoms with E-state index in [-0.39, 0.29) is 17.5 Å². The van der Waals surface area contributed by atoms with Gasteiger partial charge in [-0.15, -0.1) is 0 Å². The molecule has 0 aliphatic rings. The highest BCUT2D eigenvalue weighted by atomic mass is 16.5. The molecule has 1 atom stereocenters. The standard InChI is InChI=1S/C12H20N2O2/c1-4-6-7-16-9-11(8-13)12(15)14-10(3)5-2/h9-10H,4-7H2,1-3H3,(H,14,15). The topological polar surface area (TPSA) is 62.1 Å². The lowest BCUT2D eigenvalue weighted by Crippen LogP contribution is -2.32. The van der Waals surface area contributed by atoms with E-state index in [0.29, 0.717) is 6.61 Å². The quantitative estimate of drug-likeness (QED) is 0.312. The van der Waals surface area contributed by atoms with E-state index in [9.17, 15) is 4.79 Å². The molecule has 0 heterocycles. The summed E-state index contributed by atoms with van der Waals surface area (Å²) >= 11 is 0. The zero-order valence-corrected chi connectivity index (χ0v) is 10.2. The van der Waals surface area contributed by atoms with Gasteiger partial charge in [-0.2, -0.15) is 5.26 Å².